The largest absolute Gasteiger partial charge is 0.354 e. The fraction of sp³-hybridized carbons (Fsp3) is 0.435. The number of hydrogen-bond donors (Lipinski definition) is 1. The molecular formula is C23H27N3O3. The third-order valence-electron chi connectivity index (χ3n) is 6.40. The number of piperidine rings is 1. The van der Waals surface area contributed by atoms with Crippen molar-refractivity contribution in [3.05, 3.63) is 69.1 Å². The van der Waals surface area contributed by atoms with Gasteiger partial charge in [-0.2, -0.15) is 0 Å². The number of nitrogens with one attached hydrogen (secondary N) is 1. The van der Waals surface area contributed by atoms with E-state index in [2.05, 4.69) is 5.32 Å². The van der Waals surface area contributed by atoms with Gasteiger partial charge in [-0.1, -0.05) is 12.1 Å². The fourth-order valence-electron chi connectivity index (χ4n) is 4.78. The highest BCUT2D eigenvalue weighted by Crippen LogP contribution is 2.41. The van der Waals surface area contributed by atoms with Crippen molar-refractivity contribution in [1.82, 2.24) is 14.8 Å². The number of fused-ring (bicyclic) bond motifs is 4. The van der Waals surface area contributed by atoms with Gasteiger partial charge in [0.05, 0.1) is 6.04 Å². The van der Waals surface area contributed by atoms with Crippen LogP contribution in [-0.4, -0.2) is 40.9 Å². The van der Waals surface area contributed by atoms with Crippen LogP contribution in [0.2, 0.25) is 0 Å². The lowest BCUT2D eigenvalue weighted by Crippen LogP contribution is -2.53. The molecule has 1 aromatic heterocycles. The predicted octanol–water partition coefficient (Wildman–Crippen LogP) is 2.40. The van der Waals surface area contributed by atoms with Crippen LogP contribution in [0.25, 0.3) is 0 Å². The van der Waals surface area contributed by atoms with Crippen LogP contribution < -0.4 is 10.9 Å². The first-order chi connectivity index (χ1) is 13.8. The Hall–Kier alpha value is -2.89. The smallest absolute Gasteiger partial charge is 0.253 e. The minimum atomic E-state index is -0.144. The molecule has 0 aliphatic carbocycles. The summed E-state index contributed by atoms with van der Waals surface area (Å²) in [5.41, 5.74) is 3.90. The molecule has 1 saturated heterocycles. The number of aryl methyl sites for hydroxylation is 2. The van der Waals surface area contributed by atoms with Gasteiger partial charge in [0, 0.05) is 49.8 Å². The van der Waals surface area contributed by atoms with Crippen molar-refractivity contribution in [3.8, 4) is 0 Å². The van der Waals surface area contributed by atoms with Crippen LogP contribution in [0.1, 0.15) is 52.5 Å². The Kier molecular flexibility index (Phi) is 5.03. The molecule has 1 fully saturated rings. The average Bonchev–Trinajstić information content (AvgIpc) is 2.69. The standard InChI is InChI=1S/C23H27N3O3/c1-14-7-8-17(9-15(14)2)23(29)25-12-18-10-19(13-25)21(11-24-16(3)27)26-20(18)5-4-6-22(26)28/h4-9,18-19,21H,10-13H2,1-3H3,(H,24,27)/t18-,19+,21+/m1/s1. The third kappa shape index (κ3) is 3.59. The van der Waals surface area contributed by atoms with Gasteiger partial charge in [-0.15, -0.1) is 0 Å². The van der Waals surface area contributed by atoms with Crippen LogP contribution in [-0.2, 0) is 4.79 Å². The van der Waals surface area contributed by atoms with Gasteiger partial charge < -0.3 is 14.8 Å². The van der Waals surface area contributed by atoms with Crippen molar-refractivity contribution in [1.29, 1.82) is 0 Å². The number of hydrogen-bond acceptors (Lipinski definition) is 3. The molecular weight excluding hydrogens is 366 g/mol. The van der Waals surface area contributed by atoms with E-state index < -0.39 is 0 Å². The molecule has 2 aromatic rings. The molecule has 0 saturated carbocycles. The lowest BCUT2D eigenvalue weighted by Gasteiger charge is -2.47. The summed E-state index contributed by atoms with van der Waals surface area (Å²) in [7, 11) is 0. The van der Waals surface area contributed by atoms with Gasteiger partial charge >= 0.3 is 0 Å². The SMILES string of the molecule is CC(=O)NC[C@H]1[C@H]2C[C@H](CN(C(=O)c3ccc(C)c(C)c3)C2)c2cccc(=O)n21. The van der Waals surface area contributed by atoms with Gasteiger partial charge in [0.25, 0.3) is 11.5 Å². The summed E-state index contributed by atoms with van der Waals surface area (Å²) < 4.78 is 1.84. The highest BCUT2D eigenvalue weighted by molar-refractivity contribution is 5.94. The molecule has 4 rings (SSSR count). The number of aromatic nitrogens is 1. The summed E-state index contributed by atoms with van der Waals surface area (Å²) in [6.45, 7) is 7.14. The molecule has 0 spiro atoms. The second-order valence-electron chi connectivity index (χ2n) is 8.37. The molecule has 1 aromatic carbocycles. The molecule has 2 amide bonds. The molecule has 152 valence electrons. The summed E-state index contributed by atoms with van der Waals surface area (Å²) in [5.74, 6) is 0.180. The summed E-state index contributed by atoms with van der Waals surface area (Å²) in [4.78, 5) is 39.3. The Morgan fingerprint density at radius 2 is 1.90 bits per heavy atom. The van der Waals surface area contributed by atoms with E-state index in [4.69, 9.17) is 0 Å². The molecule has 1 N–H and O–H groups in total. The van der Waals surface area contributed by atoms with E-state index in [0.29, 0.717) is 25.2 Å². The number of carbonyl (C=O) groups excluding carboxylic acids is 2. The number of nitrogens with zero attached hydrogens (tertiary/aromatic N) is 2. The van der Waals surface area contributed by atoms with E-state index in [1.165, 1.54) is 12.5 Å². The van der Waals surface area contributed by atoms with Crippen LogP contribution in [0.15, 0.2) is 41.2 Å². The lowest BCUT2D eigenvalue weighted by atomic mass is 9.78. The summed E-state index contributed by atoms with van der Waals surface area (Å²) >= 11 is 0. The number of carbonyl (C=O) groups is 2. The van der Waals surface area contributed by atoms with Crippen molar-refractivity contribution in [2.75, 3.05) is 19.6 Å². The quantitative estimate of drug-likeness (QED) is 0.870. The zero-order valence-electron chi connectivity index (χ0n) is 17.1. The zero-order chi connectivity index (χ0) is 20.7. The first kappa shape index (κ1) is 19.4. The molecule has 3 heterocycles. The molecule has 0 unspecified atom stereocenters. The monoisotopic (exact) mass is 393 g/mol. The van der Waals surface area contributed by atoms with Gasteiger partial charge in [-0.05, 0) is 55.5 Å². The molecule has 2 aliphatic rings. The Balaban J connectivity index is 1.67. The summed E-state index contributed by atoms with van der Waals surface area (Å²) in [6.07, 6.45) is 0.921. The lowest BCUT2D eigenvalue weighted by molar-refractivity contribution is -0.119. The molecule has 6 nitrogen and oxygen atoms in total. The predicted molar refractivity (Wildman–Crippen MR) is 111 cm³/mol. The van der Waals surface area contributed by atoms with Crippen molar-refractivity contribution >= 4 is 11.8 Å². The van der Waals surface area contributed by atoms with Crippen LogP contribution in [0, 0.1) is 19.8 Å². The number of amides is 2. The van der Waals surface area contributed by atoms with Gasteiger partial charge in [-0.3, -0.25) is 14.4 Å². The Labute approximate surface area is 170 Å². The maximum Gasteiger partial charge on any atom is 0.253 e. The first-order valence-corrected chi connectivity index (χ1v) is 10.2. The normalized spacial score (nSPS) is 22.7. The highest BCUT2D eigenvalue weighted by atomic mass is 16.2. The van der Waals surface area contributed by atoms with Crippen LogP contribution in [0.5, 0.6) is 0 Å². The molecule has 2 bridgehead atoms. The minimum absolute atomic E-state index is 0.0350. The van der Waals surface area contributed by atoms with E-state index in [1.807, 2.05) is 47.6 Å². The van der Waals surface area contributed by atoms with Gasteiger partial charge in [0.2, 0.25) is 5.91 Å². The van der Waals surface area contributed by atoms with Gasteiger partial charge in [0.15, 0.2) is 0 Å². The minimum Gasteiger partial charge on any atom is -0.354 e. The molecule has 6 heteroatoms. The Bertz CT molecular complexity index is 1030. The van der Waals surface area contributed by atoms with Crippen molar-refractivity contribution < 1.29 is 9.59 Å². The number of likely N-dealkylation sites (tertiary alicyclic amines) is 1. The summed E-state index contributed by atoms with van der Waals surface area (Å²) in [6, 6.07) is 11.0. The Morgan fingerprint density at radius 1 is 1.10 bits per heavy atom. The number of pyridine rings is 1. The van der Waals surface area contributed by atoms with E-state index in [0.717, 1.165) is 17.7 Å². The number of benzene rings is 1. The second-order valence-corrected chi connectivity index (χ2v) is 8.37. The fourth-order valence-corrected chi connectivity index (χ4v) is 4.78. The van der Waals surface area contributed by atoms with Gasteiger partial charge in [0.1, 0.15) is 0 Å². The topological polar surface area (TPSA) is 71.4 Å². The molecule has 29 heavy (non-hydrogen) atoms. The maximum absolute atomic E-state index is 13.2. The van der Waals surface area contributed by atoms with E-state index >= 15 is 0 Å². The van der Waals surface area contributed by atoms with Crippen LogP contribution >= 0.6 is 0 Å². The van der Waals surface area contributed by atoms with E-state index in [1.54, 1.807) is 12.1 Å². The molecule has 3 atom stereocenters. The van der Waals surface area contributed by atoms with Crippen LogP contribution in [0.3, 0.4) is 0 Å². The third-order valence-corrected chi connectivity index (χ3v) is 6.40. The van der Waals surface area contributed by atoms with E-state index in [9.17, 15) is 14.4 Å². The second kappa shape index (κ2) is 7.50. The van der Waals surface area contributed by atoms with Crippen molar-refractivity contribution in [3.63, 3.8) is 0 Å². The van der Waals surface area contributed by atoms with Crippen molar-refractivity contribution in [2.24, 2.45) is 5.92 Å². The average molecular weight is 393 g/mol. The molecule has 2 aliphatic heterocycles. The number of rotatable bonds is 3. The van der Waals surface area contributed by atoms with Gasteiger partial charge in [-0.25, -0.2) is 0 Å². The summed E-state index contributed by atoms with van der Waals surface area (Å²) in [5, 5.41) is 2.87. The highest BCUT2D eigenvalue weighted by Gasteiger charge is 2.41. The van der Waals surface area contributed by atoms with E-state index in [-0.39, 0.29) is 35.3 Å². The van der Waals surface area contributed by atoms with Crippen LogP contribution in [0.4, 0.5) is 0 Å². The zero-order valence-corrected chi connectivity index (χ0v) is 17.1. The van der Waals surface area contributed by atoms with Crippen molar-refractivity contribution in [2.45, 2.75) is 39.2 Å². The Morgan fingerprint density at radius 3 is 2.62 bits per heavy atom. The first-order valence-electron chi connectivity index (χ1n) is 10.2. The maximum atomic E-state index is 13.2. The molecule has 0 radical (unpaired) electrons.